The van der Waals surface area contributed by atoms with Gasteiger partial charge in [-0.15, -0.1) is 0 Å². The third-order valence-electron chi connectivity index (χ3n) is 3.71. The van der Waals surface area contributed by atoms with Gasteiger partial charge in [-0.1, -0.05) is 0 Å². The first-order chi connectivity index (χ1) is 7.93. The van der Waals surface area contributed by atoms with Crippen LogP contribution in [0.15, 0.2) is 10.7 Å². The molecule has 2 saturated heterocycles. The van der Waals surface area contributed by atoms with Gasteiger partial charge >= 0.3 is 0 Å². The Hall–Kier alpha value is -0.870. The molecule has 0 spiro atoms. The fourth-order valence-electron chi connectivity index (χ4n) is 2.65. The topological polar surface area (TPSA) is 50.1 Å². The van der Waals surface area contributed by atoms with Gasteiger partial charge < -0.3 is 15.1 Å². The van der Waals surface area contributed by atoms with Crippen molar-refractivity contribution in [3.8, 4) is 0 Å². The van der Waals surface area contributed by atoms with E-state index in [-0.39, 0.29) is 0 Å². The van der Waals surface area contributed by atoms with Gasteiger partial charge in [0, 0.05) is 18.4 Å². The summed E-state index contributed by atoms with van der Waals surface area (Å²) in [7, 11) is 0. The molecule has 0 amide bonds. The van der Waals surface area contributed by atoms with Gasteiger partial charge in [-0.3, -0.25) is 0 Å². The lowest BCUT2D eigenvalue weighted by atomic mass is 9.98. The fraction of sp³-hybridized carbons (Fsp3) is 0.750. The second-order valence-corrected chi connectivity index (χ2v) is 4.82. The Morgan fingerprint density at radius 2 is 1.81 bits per heavy atom. The summed E-state index contributed by atoms with van der Waals surface area (Å²) in [5, 5.41) is 6.73. The highest BCUT2D eigenvalue weighted by molar-refractivity contribution is 5.09. The van der Waals surface area contributed by atoms with Crippen molar-refractivity contribution in [2.24, 2.45) is 0 Å². The van der Waals surface area contributed by atoms with Crippen LogP contribution in [0, 0.1) is 0 Å². The summed E-state index contributed by atoms with van der Waals surface area (Å²) in [6, 6.07) is 0. The number of piperidine rings is 1. The zero-order valence-electron chi connectivity index (χ0n) is 9.54. The first-order valence-electron chi connectivity index (χ1n) is 6.30. The van der Waals surface area contributed by atoms with Crippen LogP contribution >= 0.6 is 0 Å². The van der Waals surface area contributed by atoms with E-state index in [2.05, 4.69) is 15.6 Å². The molecule has 0 radical (unpaired) electrons. The van der Waals surface area contributed by atoms with E-state index in [0.29, 0.717) is 11.8 Å². The zero-order chi connectivity index (χ0) is 10.8. The van der Waals surface area contributed by atoms with Crippen LogP contribution < -0.4 is 10.6 Å². The summed E-state index contributed by atoms with van der Waals surface area (Å²) in [5.41, 5.74) is 1.15. The number of rotatable bonds is 2. The Morgan fingerprint density at radius 1 is 1.06 bits per heavy atom. The van der Waals surface area contributed by atoms with E-state index < -0.39 is 0 Å². The van der Waals surface area contributed by atoms with Crippen molar-refractivity contribution in [3.63, 3.8) is 0 Å². The number of aromatic nitrogens is 1. The molecule has 0 aliphatic carbocycles. The third-order valence-corrected chi connectivity index (χ3v) is 3.71. The largest absolute Gasteiger partial charge is 0.448 e. The van der Waals surface area contributed by atoms with E-state index in [9.17, 15) is 0 Å². The Labute approximate surface area is 95.8 Å². The third kappa shape index (κ3) is 1.99. The smallest absolute Gasteiger partial charge is 0.197 e. The molecular formula is C12H19N3O. The summed E-state index contributed by atoms with van der Waals surface area (Å²) in [4.78, 5) is 4.68. The van der Waals surface area contributed by atoms with E-state index in [1.54, 1.807) is 0 Å². The van der Waals surface area contributed by atoms with Crippen LogP contribution in [0.2, 0.25) is 0 Å². The van der Waals surface area contributed by atoms with Crippen molar-refractivity contribution in [2.75, 3.05) is 26.2 Å². The number of oxazole rings is 1. The van der Waals surface area contributed by atoms with Crippen LogP contribution in [0.25, 0.3) is 0 Å². The van der Waals surface area contributed by atoms with Crippen LogP contribution in [0.5, 0.6) is 0 Å². The van der Waals surface area contributed by atoms with E-state index in [1.807, 2.05) is 6.26 Å². The Bertz CT molecular complexity index is 338. The lowest BCUT2D eigenvalue weighted by Crippen LogP contribution is -2.26. The molecule has 4 nitrogen and oxygen atoms in total. The zero-order valence-corrected chi connectivity index (χ0v) is 9.54. The van der Waals surface area contributed by atoms with E-state index in [1.165, 1.54) is 6.42 Å². The van der Waals surface area contributed by atoms with Gasteiger partial charge in [-0.05, 0) is 38.9 Å². The molecule has 0 aromatic carbocycles. The van der Waals surface area contributed by atoms with Crippen molar-refractivity contribution < 1.29 is 4.42 Å². The molecule has 4 heteroatoms. The molecule has 1 aromatic heterocycles. The molecule has 1 aromatic rings. The van der Waals surface area contributed by atoms with Gasteiger partial charge in [0.25, 0.3) is 0 Å². The molecule has 2 aliphatic rings. The van der Waals surface area contributed by atoms with Crippen LogP contribution in [0.4, 0.5) is 0 Å². The maximum Gasteiger partial charge on any atom is 0.197 e. The van der Waals surface area contributed by atoms with Crippen LogP contribution in [-0.2, 0) is 0 Å². The number of nitrogens with zero attached hydrogens (tertiary/aromatic N) is 1. The van der Waals surface area contributed by atoms with Crippen molar-refractivity contribution in [2.45, 2.75) is 31.1 Å². The molecule has 3 rings (SSSR count). The Balaban J connectivity index is 1.71. The quantitative estimate of drug-likeness (QED) is 0.788. The van der Waals surface area contributed by atoms with Crippen LogP contribution in [0.3, 0.4) is 0 Å². The highest BCUT2D eigenvalue weighted by Gasteiger charge is 2.24. The van der Waals surface area contributed by atoms with Gasteiger partial charge in [-0.2, -0.15) is 0 Å². The van der Waals surface area contributed by atoms with Gasteiger partial charge in [-0.25, -0.2) is 4.98 Å². The van der Waals surface area contributed by atoms with Crippen molar-refractivity contribution >= 4 is 0 Å². The summed E-state index contributed by atoms with van der Waals surface area (Å²) in [6.45, 7) is 4.35. The maximum absolute atomic E-state index is 5.65. The number of nitrogens with one attached hydrogen (secondary N) is 2. The molecule has 2 N–H and O–H groups in total. The second-order valence-electron chi connectivity index (χ2n) is 4.82. The molecule has 16 heavy (non-hydrogen) atoms. The Morgan fingerprint density at radius 3 is 2.56 bits per heavy atom. The minimum atomic E-state index is 0.532. The minimum absolute atomic E-state index is 0.532. The SMILES string of the molecule is c1oc(C2CCNCC2)nc1C1CCNC1. The molecule has 2 aliphatic heterocycles. The first kappa shape index (κ1) is 10.3. The molecule has 0 saturated carbocycles. The van der Waals surface area contributed by atoms with Crippen molar-refractivity contribution in [1.82, 2.24) is 15.6 Å². The summed E-state index contributed by atoms with van der Waals surface area (Å²) >= 11 is 0. The number of hydrogen-bond acceptors (Lipinski definition) is 4. The first-order valence-corrected chi connectivity index (χ1v) is 6.30. The Kier molecular flexibility index (Phi) is 2.93. The minimum Gasteiger partial charge on any atom is -0.448 e. The molecular weight excluding hydrogens is 202 g/mol. The lowest BCUT2D eigenvalue weighted by molar-refractivity contribution is 0.374. The predicted octanol–water partition coefficient (Wildman–Crippen LogP) is 1.22. The number of hydrogen-bond donors (Lipinski definition) is 2. The van der Waals surface area contributed by atoms with Gasteiger partial charge in [0.1, 0.15) is 6.26 Å². The van der Waals surface area contributed by atoms with Gasteiger partial charge in [0.15, 0.2) is 5.89 Å². The fourth-order valence-corrected chi connectivity index (χ4v) is 2.65. The molecule has 1 unspecified atom stereocenters. The summed E-state index contributed by atoms with van der Waals surface area (Å²) < 4.78 is 5.65. The van der Waals surface area contributed by atoms with Gasteiger partial charge in [0.2, 0.25) is 0 Å². The maximum atomic E-state index is 5.65. The van der Waals surface area contributed by atoms with Crippen molar-refractivity contribution in [3.05, 3.63) is 17.8 Å². The van der Waals surface area contributed by atoms with Gasteiger partial charge in [0.05, 0.1) is 5.69 Å². The lowest BCUT2D eigenvalue weighted by Gasteiger charge is -2.19. The second kappa shape index (κ2) is 4.55. The normalized spacial score (nSPS) is 27.4. The molecule has 88 valence electrons. The summed E-state index contributed by atoms with van der Waals surface area (Å²) in [5.74, 6) is 2.06. The standard InChI is InChI=1S/C12H19N3O/c1-4-13-5-2-9(1)12-15-11(8-16-12)10-3-6-14-7-10/h8-10,13-14H,1-7H2. The monoisotopic (exact) mass is 221 g/mol. The van der Waals surface area contributed by atoms with Crippen molar-refractivity contribution in [1.29, 1.82) is 0 Å². The predicted molar refractivity (Wildman–Crippen MR) is 61.6 cm³/mol. The van der Waals surface area contributed by atoms with Crippen LogP contribution in [0.1, 0.15) is 42.7 Å². The molecule has 2 fully saturated rings. The molecule has 3 heterocycles. The average Bonchev–Trinajstić information content (AvgIpc) is 3.01. The summed E-state index contributed by atoms with van der Waals surface area (Å²) in [6.07, 6.45) is 5.37. The van der Waals surface area contributed by atoms with E-state index in [4.69, 9.17) is 4.42 Å². The van der Waals surface area contributed by atoms with E-state index >= 15 is 0 Å². The molecule has 0 bridgehead atoms. The van der Waals surface area contributed by atoms with E-state index in [0.717, 1.165) is 50.6 Å². The highest BCUT2D eigenvalue weighted by Crippen LogP contribution is 2.28. The average molecular weight is 221 g/mol. The highest BCUT2D eigenvalue weighted by atomic mass is 16.3. The molecule has 1 atom stereocenters. The van der Waals surface area contributed by atoms with Crippen LogP contribution in [-0.4, -0.2) is 31.2 Å².